The van der Waals surface area contributed by atoms with Crippen molar-refractivity contribution in [2.45, 2.75) is 11.4 Å². The minimum atomic E-state index is -3.74. The zero-order chi connectivity index (χ0) is 16.6. The molecule has 0 spiro atoms. The summed E-state index contributed by atoms with van der Waals surface area (Å²) in [6, 6.07) is 12.2. The maximum atomic E-state index is 12.7. The first-order chi connectivity index (χ1) is 10.9. The van der Waals surface area contributed by atoms with Gasteiger partial charge in [0.15, 0.2) is 0 Å². The van der Waals surface area contributed by atoms with Gasteiger partial charge in [-0.25, -0.2) is 13.4 Å². The van der Waals surface area contributed by atoms with Crippen LogP contribution in [-0.4, -0.2) is 24.8 Å². The van der Waals surface area contributed by atoms with E-state index in [4.69, 9.17) is 23.2 Å². The lowest BCUT2D eigenvalue weighted by Crippen LogP contribution is -2.26. The molecule has 0 saturated heterocycles. The van der Waals surface area contributed by atoms with Crippen LogP contribution in [0.25, 0.3) is 10.2 Å². The first-order valence-electron chi connectivity index (χ1n) is 6.64. The van der Waals surface area contributed by atoms with Crippen molar-refractivity contribution in [1.29, 1.82) is 0 Å². The number of thiazole rings is 1. The Kier molecular flexibility index (Phi) is 4.62. The molecule has 0 aliphatic rings. The molecule has 0 unspecified atom stereocenters. The summed E-state index contributed by atoms with van der Waals surface area (Å²) in [6.07, 6.45) is 0. The van der Waals surface area contributed by atoms with Gasteiger partial charge in [-0.1, -0.05) is 41.4 Å². The van der Waals surface area contributed by atoms with Crippen LogP contribution < -0.4 is 0 Å². The van der Waals surface area contributed by atoms with Crippen molar-refractivity contribution < 1.29 is 8.42 Å². The van der Waals surface area contributed by atoms with Crippen LogP contribution in [0.4, 0.5) is 0 Å². The number of hydrogen-bond donors (Lipinski definition) is 0. The van der Waals surface area contributed by atoms with Gasteiger partial charge in [0.1, 0.15) is 9.90 Å². The van der Waals surface area contributed by atoms with E-state index in [0.29, 0.717) is 0 Å². The summed E-state index contributed by atoms with van der Waals surface area (Å²) < 4.78 is 27.6. The third-order valence-electron chi connectivity index (χ3n) is 3.30. The van der Waals surface area contributed by atoms with Crippen LogP contribution in [0.15, 0.2) is 47.4 Å². The van der Waals surface area contributed by atoms with Gasteiger partial charge in [0.2, 0.25) is 10.0 Å². The van der Waals surface area contributed by atoms with Crippen molar-refractivity contribution in [2.75, 3.05) is 7.05 Å². The molecule has 0 fully saturated rings. The molecule has 2 aromatic carbocycles. The predicted octanol–water partition coefficient (Wildman–Crippen LogP) is 4.42. The second kappa shape index (κ2) is 6.37. The monoisotopic (exact) mass is 386 g/mol. The van der Waals surface area contributed by atoms with E-state index in [-0.39, 0.29) is 21.5 Å². The van der Waals surface area contributed by atoms with E-state index in [1.54, 1.807) is 12.1 Å². The average Bonchev–Trinajstić information content (AvgIpc) is 2.92. The molecule has 23 heavy (non-hydrogen) atoms. The molecule has 3 rings (SSSR count). The van der Waals surface area contributed by atoms with Crippen molar-refractivity contribution in [3.63, 3.8) is 0 Å². The Morgan fingerprint density at radius 3 is 2.61 bits per heavy atom. The van der Waals surface area contributed by atoms with Gasteiger partial charge in [-0.05, 0) is 24.3 Å². The Balaban J connectivity index is 1.92. The van der Waals surface area contributed by atoms with E-state index in [1.807, 2.05) is 24.3 Å². The van der Waals surface area contributed by atoms with E-state index < -0.39 is 10.0 Å². The highest BCUT2D eigenvalue weighted by atomic mass is 35.5. The molecule has 1 aromatic heterocycles. The average molecular weight is 387 g/mol. The van der Waals surface area contributed by atoms with E-state index in [9.17, 15) is 8.42 Å². The van der Waals surface area contributed by atoms with Crippen LogP contribution in [0.1, 0.15) is 5.01 Å². The first-order valence-corrected chi connectivity index (χ1v) is 9.65. The van der Waals surface area contributed by atoms with Gasteiger partial charge in [-0.2, -0.15) is 4.31 Å². The largest absolute Gasteiger partial charge is 0.244 e. The topological polar surface area (TPSA) is 50.3 Å². The van der Waals surface area contributed by atoms with Gasteiger partial charge in [0, 0.05) is 7.05 Å². The number of hydrogen-bond acceptors (Lipinski definition) is 4. The lowest BCUT2D eigenvalue weighted by atomic mass is 10.3. The van der Waals surface area contributed by atoms with Gasteiger partial charge < -0.3 is 0 Å². The molecular weight excluding hydrogens is 375 g/mol. The Morgan fingerprint density at radius 2 is 1.87 bits per heavy atom. The third kappa shape index (κ3) is 3.22. The van der Waals surface area contributed by atoms with Crippen LogP contribution in [0, 0.1) is 0 Å². The third-order valence-corrected chi connectivity index (χ3v) is 7.10. The van der Waals surface area contributed by atoms with E-state index >= 15 is 0 Å². The van der Waals surface area contributed by atoms with Crippen LogP contribution in [0.3, 0.4) is 0 Å². The van der Waals surface area contributed by atoms with Crippen molar-refractivity contribution in [3.05, 3.63) is 57.5 Å². The molecule has 0 saturated carbocycles. The Morgan fingerprint density at radius 1 is 1.13 bits per heavy atom. The molecular formula is C15H12Cl2N2O2S2. The Hall–Kier alpha value is -1.18. The number of sulfonamides is 1. The number of para-hydroxylation sites is 1. The molecule has 0 N–H and O–H groups in total. The summed E-state index contributed by atoms with van der Waals surface area (Å²) in [5.41, 5.74) is 0.860. The molecule has 120 valence electrons. The van der Waals surface area contributed by atoms with Crippen molar-refractivity contribution >= 4 is 54.8 Å². The quantitative estimate of drug-likeness (QED) is 0.666. The van der Waals surface area contributed by atoms with Gasteiger partial charge >= 0.3 is 0 Å². The number of nitrogens with zero attached hydrogens (tertiary/aromatic N) is 2. The molecule has 0 atom stereocenters. The fraction of sp³-hybridized carbons (Fsp3) is 0.133. The SMILES string of the molecule is CN(Cc1nc2ccccc2s1)S(=O)(=O)c1cccc(Cl)c1Cl. The van der Waals surface area contributed by atoms with E-state index in [0.717, 1.165) is 15.2 Å². The summed E-state index contributed by atoms with van der Waals surface area (Å²) in [5.74, 6) is 0. The van der Waals surface area contributed by atoms with Crippen LogP contribution in [0.2, 0.25) is 10.0 Å². The zero-order valence-electron chi connectivity index (χ0n) is 12.0. The van der Waals surface area contributed by atoms with Gasteiger partial charge in [-0.3, -0.25) is 0 Å². The highest BCUT2D eigenvalue weighted by Gasteiger charge is 2.25. The number of benzene rings is 2. The molecule has 0 radical (unpaired) electrons. The normalized spacial score (nSPS) is 12.2. The van der Waals surface area contributed by atoms with Crippen molar-refractivity contribution in [2.24, 2.45) is 0 Å². The molecule has 1 heterocycles. The van der Waals surface area contributed by atoms with Gasteiger partial charge in [-0.15, -0.1) is 11.3 Å². The molecule has 0 amide bonds. The minimum Gasteiger partial charge on any atom is -0.240 e. The lowest BCUT2D eigenvalue weighted by Gasteiger charge is -2.17. The molecule has 0 aliphatic carbocycles. The molecule has 3 aromatic rings. The Bertz CT molecular complexity index is 938. The highest BCUT2D eigenvalue weighted by Crippen LogP contribution is 2.31. The maximum Gasteiger partial charge on any atom is 0.244 e. The minimum absolute atomic E-state index is 0.00437. The molecule has 0 bridgehead atoms. The number of fused-ring (bicyclic) bond motifs is 1. The van der Waals surface area contributed by atoms with Crippen molar-refractivity contribution in [3.8, 4) is 0 Å². The second-order valence-corrected chi connectivity index (χ2v) is 8.80. The van der Waals surface area contributed by atoms with E-state index in [2.05, 4.69) is 4.98 Å². The smallest absolute Gasteiger partial charge is 0.240 e. The lowest BCUT2D eigenvalue weighted by molar-refractivity contribution is 0.466. The van der Waals surface area contributed by atoms with Crippen molar-refractivity contribution in [1.82, 2.24) is 9.29 Å². The van der Waals surface area contributed by atoms with Crippen LogP contribution in [-0.2, 0) is 16.6 Å². The maximum absolute atomic E-state index is 12.7. The summed E-state index contributed by atoms with van der Waals surface area (Å²) in [7, 11) is -2.25. The summed E-state index contributed by atoms with van der Waals surface area (Å²) in [6.45, 7) is 0.171. The molecule has 0 aliphatic heterocycles. The molecule has 4 nitrogen and oxygen atoms in total. The van der Waals surface area contributed by atoms with Crippen LogP contribution >= 0.6 is 34.5 Å². The van der Waals surface area contributed by atoms with Crippen LogP contribution in [0.5, 0.6) is 0 Å². The van der Waals surface area contributed by atoms with Gasteiger partial charge in [0.25, 0.3) is 0 Å². The summed E-state index contributed by atoms with van der Waals surface area (Å²) in [5, 5.41) is 0.960. The number of halogens is 2. The Labute approximate surface area is 148 Å². The number of aromatic nitrogens is 1. The molecule has 8 heteroatoms. The standard InChI is InChI=1S/C15H12Cl2N2O2S2/c1-19(9-14-18-11-6-2-3-7-12(11)22-14)23(20,21)13-8-4-5-10(16)15(13)17/h2-8H,9H2,1H3. The van der Waals surface area contributed by atoms with Gasteiger partial charge in [0.05, 0.1) is 26.8 Å². The fourth-order valence-corrected chi connectivity index (χ4v) is 5.08. The fourth-order valence-electron chi connectivity index (χ4n) is 2.11. The summed E-state index contributed by atoms with van der Waals surface area (Å²) >= 11 is 13.4. The predicted molar refractivity (Wildman–Crippen MR) is 94.7 cm³/mol. The second-order valence-electron chi connectivity index (χ2n) is 4.89. The zero-order valence-corrected chi connectivity index (χ0v) is 15.2. The summed E-state index contributed by atoms with van der Waals surface area (Å²) in [4.78, 5) is 4.45. The highest BCUT2D eigenvalue weighted by molar-refractivity contribution is 7.89. The first kappa shape index (κ1) is 16.7. The van der Waals surface area contributed by atoms with E-state index in [1.165, 1.54) is 28.8 Å². The number of rotatable bonds is 4.